The number of alkyl halides is 6. The van der Waals surface area contributed by atoms with Gasteiger partial charge >= 0.3 is 12.4 Å². The van der Waals surface area contributed by atoms with Gasteiger partial charge in [-0.05, 0) is 182 Å². The molecule has 1 aliphatic carbocycles. The van der Waals surface area contributed by atoms with Crippen molar-refractivity contribution in [3.8, 4) is 23.0 Å². The van der Waals surface area contributed by atoms with E-state index in [0.29, 0.717) is 79.8 Å². The van der Waals surface area contributed by atoms with Crippen LogP contribution in [0.2, 0.25) is 0 Å². The van der Waals surface area contributed by atoms with E-state index in [4.69, 9.17) is 13.9 Å². The van der Waals surface area contributed by atoms with E-state index in [1.807, 2.05) is 48.5 Å². The Hall–Kier alpha value is -8.57. The van der Waals surface area contributed by atoms with Crippen molar-refractivity contribution < 1.29 is 68.8 Å². The number of aliphatic hydroxyl groups excluding tert-OH is 2. The predicted octanol–water partition coefficient (Wildman–Crippen LogP) is 13.5. The van der Waals surface area contributed by atoms with Crippen molar-refractivity contribution in [3.05, 3.63) is 205 Å². The number of nitrogens with zero attached hydrogens (tertiary/aromatic N) is 7. The van der Waals surface area contributed by atoms with E-state index in [9.17, 15) is 54.9 Å². The number of rotatable bonds is 14. The first-order chi connectivity index (χ1) is 45.9. The van der Waals surface area contributed by atoms with Gasteiger partial charge in [0.05, 0.1) is 61.1 Å². The maximum absolute atomic E-state index is 13.8. The summed E-state index contributed by atoms with van der Waals surface area (Å²) in [5, 5.41) is 19.3. The number of ether oxygens (including phenoxy) is 2. The van der Waals surface area contributed by atoms with Gasteiger partial charge in [0.15, 0.2) is 5.58 Å². The van der Waals surface area contributed by atoms with Gasteiger partial charge in [-0.3, -0.25) is 14.5 Å². The summed E-state index contributed by atoms with van der Waals surface area (Å²) in [5.74, 6) is -0.940. The topological polar surface area (TPSA) is 139 Å². The molecule has 0 spiro atoms. The molecule has 3 aliphatic heterocycles. The number of halogens is 8. The van der Waals surface area contributed by atoms with Gasteiger partial charge < -0.3 is 48.6 Å². The van der Waals surface area contributed by atoms with Gasteiger partial charge in [0.25, 0.3) is 11.8 Å². The summed E-state index contributed by atoms with van der Waals surface area (Å²) in [5.41, 5.74) is 10.9. The molecule has 4 heterocycles. The molecular weight excluding hydrogens is 1250 g/mol. The Labute approximate surface area is 554 Å². The Morgan fingerprint density at radius 1 is 0.573 bits per heavy atom. The number of amides is 2. The fourth-order valence-corrected chi connectivity index (χ4v) is 13.2. The van der Waals surface area contributed by atoms with Crippen LogP contribution in [0.3, 0.4) is 0 Å². The van der Waals surface area contributed by atoms with E-state index in [1.165, 1.54) is 37.6 Å². The number of hydrogen-bond donors (Lipinski definition) is 2. The largest absolute Gasteiger partial charge is 0.495 e. The first kappa shape index (κ1) is 70.2. The Kier molecular flexibility index (Phi) is 22.4. The van der Waals surface area contributed by atoms with E-state index >= 15 is 0 Å². The zero-order chi connectivity index (χ0) is 68.6. The van der Waals surface area contributed by atoms with Crippen LogP contribution in [-0.4, -0.2) is 146 Å². The molecule has 96 heavy (non-hydrogen) atoms. The second-order valence-electron chi connectivity index (χ2n) is 25.0. The number of anilines is 2. The quantitative estimate of drug-likeness (QED) is 0.100. The molecular formula is C74H81F8N7O7. The van der Waals surface area contributed by atoms with Gasteiger partial charge in [0.2, 0.25) is 5.89 Å². The maximum atomic E-state index is 13.8. The fourth-order valence-electron chi connectivity index (χ4n) is 13.2. The number of hydrogen-bond acceptors (Lipinski definition) is 12. The fraction of sp³-hybridized carbons (Fsp3) is 0.392. The summed E-state index contributed by atoms with van der Waals surface area (Å²) in [6.45, 7) is 16.7. The number of carbonyl (C=O) groups excluding carboxylic acids is 2. The Morgan fingerprint density at radius 3 is 1.58 bits per heavy atom. The molecule has 3 fully saturated rings. The van der Waals surface area contributed by atoms with E-state index < -0.39 is 58.1 Å². The average molecular weight is 1330 g/mol. The number of fused-ring (bicyclic) bond motifs is 2. The second-order valence-corrected chi connectivity index (χ2v) is 25.0. The highest BCUT2D eigenvalue weighted by atomic mass is 19.4. The zero-order valence-corrected chi connectivity index (χ0v) is 54.9. The van der Waals surface area contributed by atoms with Crippen LogP contribution in [0.4, 0.5) is 46.5 Å². The Morgan fingerprint density at radius 2 is 1.07 bits per heavy atom. The number of likely N-dealkylation sites (N-methyl/N-ethyl adjacent to an activating group) is 1. The summed E-state index contributed by atoms with van der Waals surface area (Å²) in [6.07, 6.45) is -5.89. The molecule has 2 amide bonds. The number of aromatic nitrogens is 1. The second kappa shape index (κ2) is 30.7. The van der Waals surface area contributed by atoms with Crippen molar-refractivity contribution in [2.45, 2.75) is 85.5 Å². The number of carbonyl (C=O) groups is 2. The summed E-state index contributed by atoms with van der Waals surface area (Å²) in [4.78, 5) is 42.2. The van der Waals surface area contributed by atoms with Gasteiger partial charge in [-0.1, -0.05) is 55.0 Å². The van der Waals surface area contributed by atoms with Gasteiger partial charge in [0.1, 0.15) is 28.7 Å². The molecule has 4 aliphatic rings. The highest BCUT2D eigenvalue weighted by Gasteiger charge is 2.39. The lowest BCUT2D eigenvalue weighted by atomic mass is 9.79. The third-order valence-electron chi connectivity index (χ3n) is 18.5. The van der Waals surface area contributed by atoms with Gasteiger partial charge in [-0.25, -0.2) is 13.8 Å². The Balaban J connectivity index is 0.000000168. The molecule has 0 radical (unpaired) electrons. The number of aliphatic hydroxyl groups is 2. The molecule has 2 N–H and O–H groups in total. The summed E-state index contributed by atoms with van der Waals surface area (Å²) in [7, 11) is 3.18. The van der Waals surface area contributed by atoms with Crippen LogP contribution in [0.1, 0.15) is 95.3 Å². The minimum atomic E-state index is -4.77. The van der Waals surface area contributed by atoms with Crippen molar-refractivity contribution >= 4 is 34.3 Å². The van der Waals surface area contributed by atoms with E-state index in [-0.39, 0.29) is 39.4 Å². The van der Waals surface area contributed by atoms with Crippen LogP contribution < -0.4 is 19.3 Å². The molecule has 0 bridgehead atoms. The lowest BCUT2D eigenvalue weighted by Gasteiger charge is -2.37. The molecule has 510 valence electrons. The van der Waals surface area contributed by atoms with Gasteiger partial charge in [-0.2, -0.15) is 26.3 Å². The van der Waals surface area contributed by atoms with Gasteiger partial charge in [-0.15, -0.1) is 0 Å². The lowest BCUT2D eigenvalue weighted by molar-refractivity contribution is -0.138. The first-order valence-corrected chi connectivity index (χ1v) is 32.3. The van der Waals surface area contributed by atoms with E-state index in [1.54, 1.807) is 14.2 Å². The maximum Gasteiger partial charge on any atom is 0.417 e. The molecule has 14 nitrogen and oxygen atoms in total. The van der Waals surface area contributed by atoms with Crippen LogP contribution in [0.5, 0.6) is 11.5 Å². The average Bonchev–Trinajstić information content (AvgIpc) is 0.971. The smallest absolute Gasteiger partial charge is 0.417 e. The number of piperazine rings is 3. The molecule has 0 saturated carbocycles. The molecule has 22 heteroatoms. The minimum absolute atomic E-state index is 0.0942. The molecule has 8 aromatic rings. The van der Waals surface area contributed by atoms with Crippen LogP contribution in [0.15, 0.2) is 126 Å². The summed E-state index contributed by atoms with van der Waals surface area (Å²) >= 11 is 0. The van der Waals surface area contributed by atoms with Crippen LogP contribution in [-0.2, 0) is 51.4 Å². The van der Waals surface area contributed by atoms with Crippen LogP contribution in [0, 0.1) is 38.3 Å². The van der Waals surface area contributed by atoms with Crippen LogP contribution in [0.25, 0.3) is 22.6 Å². The standard InChI is InChI=1S/C32H34F4N2O4.C26H32F4N4O2.C16H15NO/c1-42-30-7-3-21(12-20-2-4-22-15-24(18-39)25(19-40)16-23(22)13-20)14-29(30)37-8-10-38(11-9-37)31(41)27-17-26(33)5-6-28(27)32(34,35)36;1-3-31-8-10-32(11-9-31)18-19-4-7-24(36-2)23(16-19)33-12-14-34(15-13-33)25(35)21-17-20(27)5-6-22(21)26(28,29)30;1-10-4-6-13(12(3)8-10)16-17-14-9-11(2)5-7-15(14)18-16/h3,5-7,14-17,20,39-40H,2,4,8-13,18-19H2,1H3;4-7,16-17H,3,8-15,18H2,1-2H3;4-9H,1-3H3. The number of methoxy groups -OCH3 is 2. The van der Waals surface area contributed by atoms with Gasteiger partial charge in [0, 0.05) is 90.6 Å². The number of aryl methyl sites for hydroxylation is 4. The first-order valence-electron chi connectivity index (χ1n) is 32.3. The summed E-state index contributed by atoms with van der Waals surface area (Å²) in [6, 6.07) is 32.5. The highest BCUT2D eigenvalue weighted by molar-refractivity contribution is 5.97. The van der Waals surface area contributed by atoms with Crippen LogP contribution >= 0.6 is 0 Å². The Bertz CT molecular complexity index is 4040. The number of oxazole rings is 1. The summed E-state index contributed by atoms with van der Waals surface area (Å²) < 4.78 is 125. The van der Waals surface area contributed by atoms with E-state index in [0.717, 1.165) is 121 Å². The molecule has 7 aromatic carbocycles. The van der Waals surface area contributed by atoms with E-state index in [2.05, 4.69) is 88.7 Å². The highest BCUT2D eigenvalue weighted by Crippen LogP contribution is 2.39. The van der Waals surface area contributed by atoms with Crippen molar-refractivity contribution in [3.63, 3.8) is 0 Å². The van der Waals surface area contributed by atoms with Crippen molar-refractivity contribution in [2.24, 2.45) is 5.92 Å². The predicted molar refractivity (Wildman–Crippen MR) is 354 cm³/mol. The normalized spacial score (nSPS) is 16.4. The zero-order valence-electron chi connectivity index (χ0n) is 54.9. The van der Waals surface area contributed by atoms with Crippen molar-refractivity contribution in [1.82, 2.24) is 24.6 Å². The van der Waals surface area contributed by atoms with Crippen molar-refractivity contribution in [1.29, 1.82) is 0 Å². The molecule has 1 unspecified atom stereocenters. The lowest BCUT2D eigenvalue weighted by Crippen LogP contribution is -2.49. The third-order valence-corrected chi connectivity index (χ3v) is 18.5. The third kappa shape index (κ3) is 16.8. The van der Waals surface area contributed by atoms with Crippen molar-refractivity contribution in [2.75, 3.05) is 109 Å². The molecule has 1 aromatic heterocycles. The number of benzene rings is 7. The monoisotopic (exact) mass is 1330 g/mol. The molecule has 12 rings (SSSR count). The molecule has 3 saturated heterocycles. The SMILES string of the molecule is CCN1CCN(Cc2ccc(OC)c(N3CCN(C(=O)c4cc(F)ccc4C(F)(F)F)CC3)c2)CC1.COc1ccc(CC2CCc3cc(CO)c(CO)cc3C2)cc1N1CCN(C(=O)c2cc(F)ccc2C(F)(F)F)CC1.Cc1ccc(-c2nc3cc(C)ccc3o2)c(C)c1. The minimum Gasteiger partial charge on any atom is -0.495 e. The molecule has 1 atom stereocenters.